The molecular formula is C25H27NO6S. The van der Waals surface area contributed by atoms with E-state index in [1.807, 2.05) is 67.6 Å². The van der Waals surface area contributed by atoms with Crippen LogP contribution < -0.4 is 5.32 Å². The Bertz CT molecular complexity index is 1120. The van der Waals surface area contributed by atoms with E-state index in [1.165, 1.54) is 12.1 Å². The Balaban J connectivity index is 1.64. The van der Waals surface area contributed by atoms with Crippen molar-refractivity contribution in [3.05, 3.63) is 102 Å². The number of aliphatic hydroxyl groups excluding tert-OH is 1. The Labute approximate surface area is 194 Å². The summed E-state index contributed by atoms with van der Waals surface area (Å²) in [6, 6.07) is 23.8. The zero-order chi connectivity index (χ0) is 23.7. The molecule has 0 heterocycles. The summed E-state index contributed by atoms with van der Waals surface area (Å²) in [6.45, 7) is 1.39. The fraction of sp³-hybridized carbons (Fsp3) is 0.240. The molecular weight excluding hydrogens is 442 g/mol. The van der Waals surface area contributed by atoms with Crippen LogP contribution in [0.15, 0.2) is 89.8 Å². The number of aliphatic hydroxyl groups is 1. The highest BCUT2D eigenvalue weighted by molar-refractivity contribution is 7.86. The zero-order valence-corrected chi connectivity index (χ0v) is 19.1. The minimum absolute atomic E-state index is 0.00450. The molecule has 3 aromatic carbocycles. The molecule has 0 aliphatic heterocycles. The lowest BCUT2D eigenvalue weighted by atomic mass is 10.0. The third kappa shape index (κ3) is 7.71. The summed E-state index contributed by atoms with van der Waals surface area (Å²) in [5, 5.41) is 13.3. The number of nitrogens with one attached hydrogen (secondary N) is 1. The van der Waals surface area contributed by atoms with Gasteiger partial charge in [-0.15, -0.1) is 0 Å². The Morgan fingerprint density at radius 2 is 1.48 bits per heavy atom. The molecule has 3 aromatic rings. The fourth-order valence-electron chi connectivity index (χ4n) is 3.12. The predicted octanol–water partition coefficient (Wildman–Crippen LogP) is 3.60. The van der Waals surface area contributed by atoms with E-state index < -0.39 is 35.0 Å². The predicted molar refractivity (Wildman–Crippen MR) is 124 cm³/mol. The average Bonchev–Trinajstić information content (AvgIpc) is 2.82. The molecule has 1 amide bonds. The van der Waals surface area contributed by atoms with Gasteiger partial charge in [0.05, 0.1) is 23.6 Å². The second kappa shape index (κ2) is 11.6. The number of rotatable bonds is 10. The lowest BCUT2D eigenvalue weighted by Crippen LogP contribution is -2.47. The molecule has 2 N–H and O–H groups in total. The van der Waals surface area contributed by atoms with Crippen LogP contribution >= 0.6 is 0 Å². The summed E-state index contributed by atoms with van der Waals surface area (Å²) in [4.78, 5) is 12.4. The maximum atomic E-state index is 12.5. The first-order chi connectivity index (χ1) is 15.8. The van der Waals surface area contributed by atoms with Crippen LogP contribution in [0.25, 0.3) is 0 Å². The number of amides is 1. The molecule has 33 heavy (non-hydrogen) atoms. The summed E-state index contributed by atoms with van der Waals surface area (Å²) < 4.78 is 35.3. The third-order valence-corrected chi connectivity index (χ3v) is 6.28. The summed E-state index contributed by atoms with van der Waals surface area (Å²) in [6.07, 6.45) is -1.76. The van der Waals surface area contributed by atoms with Crippen molar-refractivity contribution in [3.8, 4) is 0 Å². The molecule has 174 valence electrons. The quantitative estimate of drug-likeness (QED) is 0.440. The van der Waals surface area contributed by atoms with Crippen molar-refractivity contribution in [2.24, 2.45) is 0 Å². The molecule has 8 heteroatoms. The van der Waals surface area contributed by atoms with Crippen LogP contribution in [0.4, 0.5) is 4.79 Å². The van der Waals surface area contributed by atoms with Crippen LogP contribution in [0.2, 0.25) is 0 Å². The van der Waals surface area contributed by atoms with Gasteiger partial charge >= 0.3 is 6.09 Å². The molecule has 0 aliphatic rings. The lowest BCUT2D eigenvalue weighted by Gasteiger charge is -2.24. The van der Waals surface area contributed by atoms with E-state index in [0.29, 0.717) is 0 Å². The van der Waals surface area contributed by atoms with Crippen LogP contribution in [0.5, 0.6) is 0 Å². The second-order valence-corrected chi connectivity index (χ2v) is 9.24. The monoisotopic (exact) mass is 469 g/mol. The molecule has 7 nitrogen and oxygen atoms in total. The van der Waals surface area contributed by atoms with Crippen LogP contribution in [0.1, 0.15) is 16.7 Å². The second-order valence-electron chi connectivity index (χ2n) is 7.62. The number of alkyl carbamates (subject to hydrolysis) is 1. The number of carbonyl (C=O) groups excluding carboxylic acids is 1. The van der Waals surface area contributed by atoms with E-state index in [-0.39, 0.29) is 17.9 Å². The van der Waals surface area contributed by atoms with Crippen LogP contribution in [0, 0.1) is 6.92 Å². The molecule has 0 bridgehead atoms. The van der Waals surface area contributed by atoms with E-state index in [2.05, 4.69) is 5.32 Å². The van der Waals surface area contributed by atoms with Gasteiger partial charge in [-0.1, -0.05) is 78.4 Å². The highest BCUT2D eigenvalue weighted by atomic mass is 32.2. The SMILES string of the molecule is Cc1ccc(S(=O)(=O)OCC(O)C(Cc2ccccc2)NC(=O)OCc2ccccc2)cc1. The molecule has 0 radical (unpaired) electrons. The van der Waals surface area contributed by atoms with Crippen molar-refractivity contribution in [2.45, 2.75) is 37.0 Å². The minimum Gasteiger partial charge on any atom is -0.445 e. The molecule has 0 saturated heterocycles. The van der Waals surface area contributed by atoms with Crippen molar-refractivity contribution in [1.82, 2.24) is 5.32 Å². The molecule has 0 saturated carbocycles. The Morgan fingerprint density at radius 3 is 2.09 bits per heavy atom. The Morgan fingerprint density at radius 1 is 0.909 bits per heavy atom. The van der Waals surface area contributed by atoms with Gasteiger partial charge in [0.15, 0.2) is 0 Å². The van der Waals surface area contributed by atoms with E-state index in [9.17, 15) is 18.3 Å². The number of benzene rings is 3. The first-order valence-electron chi connectivity index (χ1n) is 10.5. The van der Waals surface area contributed by atoms with E-state index in [4.69, 9.17) is 8.92 Å². The van der Waals surface area contributed by atoms with E-state index >= 15 is 0 Å². The zero-order valence-electron chi connectivity index (χ0n) is 18.3. The standard InChI is InChI=1S/C25H27NO6S/c1-19-12-14-22(15-13-19)33(29,30)32-18-24(27)23(16-20-8-4-2-5-9-20)26-25(28)31-17-21-10-6-3-7-11-21/h2-15,23-24,27H,16-18H2,1H3,(H,26,28). The molecule has 0 aromatic heterocycles. The van der Waals surface area contributed by atoms with Crippen molar-refractivity contribution in [2.75, 3.05) is 6.61 Å². The minimum atomic E-state index is -4.06. The molecule has 0 fully saturated rings. The van der Waals surface area contributed by atoms with Crippen LogP contribution in [-0.4, -0.2) is 38.4 Å². The number of ether oxygens (including phenoxy) is 1. The van der Waals surface area contributed by atoms with Crippen molar-refractivity contribution >= 4 is 16.2 Å². The van der Waals surface area contributed by atoms with Crippen LogP contribution in [-0.2, 0) is 32.1 Å². The third-order valence-electron chi connectivity index (χ3n) is 4.98. The maximum absolute atomic E-state index is 12.5. The number of hydrogen-bond donors (Lipinski definition) is 2. The van der Waals surface area contributed by atoms with Crippen molar-refractivity contribution < 1.29 is 27.2 Å². The van der Waals surface area contributed by atoms with Gasteiger partial charge in [-0.25, -0.2) is 4.79 Å². The fourth-order valence-corrected chi connectivity index (χ4v) is 4.04. The van der Waals surface area contributed by atoms with Gasteiger partial charge in [0.2, 0.25) is 0 Å². The maximum Gasteiger partial charge on any atom is 0.407 e. The first-order valence-corrected chi connectivity index (χ1v) is 11.9. The van der Waals surface area contributed by atoms with Gasteiger partial charge in [0, 0.05) is 0 Å². The summed E-state index contributed by atoms with van der Waals surface area (Å²) in [7, 11) is -4.06. The molecule has 2 unspecified atom stereocenters. The van der Waals surface area contributed by atoms with Crippen molar-refractivity contribution in [3.63, 3.8) is 0 Å². The molecule has 0 spiro atoms. The average molecular weight is 470 g/mol. The van der Waals surface area contributed by atoms with Gasteiger partial charge in [-0.2, -0.15) is 8.42 Å². The summed E-state index contributed by atoms with van der Waals surface area (Å²) in [5.41, 5.74) is 2.58. The lowest BCUT2D eigenvalue weighted by molar-refractivity contribution is 0.0681. The smallest absolute Gasteiger partial charge is 0.407 e. The topological polar surface area (TPSA) is 102 Å². The molecule has 2 atom stereocenters. The van der Waals surface area contributed by atoms with Gasteiger partial charge in [-0.05, 0) is 36.6 Å². The van der Waals surface area contributed by atoms with Gasteiger partial charge in [-0.3, -0.25) is 4.18 Å². The molecule has 3 rings (SSSR count). The normalized spacial score (nSPS) is 13.2. The highest BCUT2D eigenvalue weighted by Crippen LogP contribution is 2.15. The Kier molecular flexibility index (Phi) is 8.59. The molecule has 0 aliphatic carbocycles. The number of carbonyl (C=O) groups is 1. The largest absolute Gasteiger partial charge is 0.445 e. The van der Waals surface area contributed by atoms with Crippen molar-refractivity contribution in [1.29, 1.82) is 0 Å². The van der Waals surface area contributed by atoms with Gasteiger partial charge in [0.1, 0.15) is 6.61 Å². The summed E-state index contributed by atoms with van der Waals surface area (Å²) >= 11 is 0. The number of hydrogen-bond acceptors (Lipinski definition) is 6. The number of aryl methyl sites for hydroxylation is 1. The summed E-state index contributed by atoms with van der Waals surface area (Å²) in [5.74, 6) is 0. The Hall–Kier alpha value is -3.20. The van der Waals surface area contributed by atoms with E-state index in [1.54, 1.807) is 12.1 Å². The van der Waals surface area contributed by atoms with E-state index in [0.717, 1.165) is 16.7 Å². The first kappa shape index (κ1) is 24.4. The highest BCUT2D eigenvalue weighted by Gasteiger charge is 2.26. The van der Waals surface area contributed by atoms with Gasteiger partial charge in [0.25, 0.3) is 10.1 Å². The van der Waals surface area contributed by atoms with Gasteiger partial charge < -0.3 is 15.2 Å². The van der Waals surface area contributed by atoms with Crippen LogP contribution in [0.3, 0.4) is 0 Å².